The quantitative estimate of drug-likeness (QED) is 0.783. The van der Waals surface area contributed by atoms with Crippen molar-refractivity contribution in [1.29, 1.82) is 0 Å². The van der Waals surface area contributed by atoms with Crippen molar-refractivity contribution in [2.75, 3.05) is 37.7 Å². The molecule has 4 heteroatoms. The Hall–Kier alpha value is -1.13. The normalized spacial score (nSPS) is 16.2. The van der Waals surface area contributed by atoms with Gasteiger partial charge in [-0.3, -0.25) is 0 Å². The third-order valence-corrected chi connectivity index (χ3v) is 2.86. The van der Waals surface area contributed by atoms with Crippen molar-refractivity contribution in [2.24, 2.45) is 0 Å². The van der Waals surface area contributed by atoms with Crippen LogP contribution in [0.5, 0.6) is 0 Å². The Morgan fingerprint density at radius 1 is 1.35 bits per heavy atom. The van der Waals surface area contributed by atoms with Crippen LogP contribution in [0.15, 0.2) is 18.2 Å². The first-order valence-electron chi connectivity index (χ1n) is 6.39. The van der Waals surface area contributed by atoms with Crippen LogP contribution in [0.4, 0.5) is 5.82 Å². The van der Waals surface area contributed by atoms with E-state index >= 15 is 0 Å². The molecule has 1 saturated heterocycles. The van der Waals surface area contributed by atoms with E-state index in [0.29, 0.717) is 0 Å². The molecule has 0 unspecified atom stereocenters. The molecule has 2 heterocycles. The molecule has 1 N–H and O–H groups in total. The summed E-state index contributed by atoms with van der Waals surface area (Å²) in [5.41, 5.74) is 1.11. The van der Waals surface area contributed by atoms with E-state index in [4.69, 9.17) is 4.74 Å². The summed E-state index contributed by atoms with van der Waals surface area (Å²) in [7, 11) is 0. The molecule has 0 spiro atoms. The molecule has 0 saturated carbocycles. The lowest BCUT2D eigenvalue weighted by atomic mass is 10.3. The monoisotopic (exact) mass is 235 g/mol. The molecule has 0 amide bonds. The van der Waals surface area contributed by atoms with Crippen molar-refractivity contribution in [1.82, 2.24) is 10.3 Å². The maximum atomic E-state index is 5.35. The lowest BCUT2D eigenvalue weighted by molar-refractivity contribution is 0.122. The summed E-state index contributed by atoms with van der Waals surface area (Å²) in [5.74, 6) is 1.07. The fourth-order valence-corrected chi connectivity index (χ4v) is 1.93. The highest BCUT2D eigenvalue weighted by Gasteiger charge is 2.12. The van der Waals surface area contributed by atoms with Gasteiger partial charge in [-0.15, -0.1) is 0 Å². The minimum atomic E-state index is 0.806. The first kappa shape index (κ1) is 12.3. The summed E-state index contributed by atoms with van der Waals surface area (Å²) in [6.07, 6.45) is 1.16. The van der Waals surface area contributed by atoms with Crippen LogP contribution in [0.3, 0.4) is 0 Å². The Kier molecular flexibility index (Phi) is 4.76. The largest absolute Gasteiger partial charge is 0.378 e. The van der Waals surface area contributed by atoms with Crippen LogP contribution >= 0.6 is 0 Å². The SMILES string of the molecule is CCCNCc1cccc(N2CCOCC2)n1. The van der Waals surface area contributed by atoms with E-state index in [9.17, 15) is 0 Å². The summed E-state index contributed by atoms with van der Waals surface area (Å²) in [5, 5.41) is 3.38. The third kappa shape index (κ3) is 3.68. The van der Waals surface area contributed by atoms with Gasteiger partial charge in [-0.2, -0.15) is 0 Å². The van der Waals surface area contributed by atoms with Gasteiger partial charge in [-0.25, -0.2) is 4.98 Å². The van der Waals surface area contributed by atoms with E-state index in [1.807, 2.05) is 0 Å². The van der Waals surface area contributed by atoms with Crippen molar-refractivity contribution in [3.8, 4) is 0 Å². The fourth-order valence-electron chi connectivity index (χ4n) is 1.93. The Morgan fingerprint density at radius 2 is 2.18 bits per heavy atom. The number of ether oxygens (including phenoxy) is 1. The second-order valence-electron chi connectivity index (χ2n) is 4.26. The van der Waals surface area contributed by atoms with Gasteiger partial charge in [-0.05, 0) is 25.1 Å². The summed E-state index contributed by atoms with van der Waals surface area (Å²) in [4.78, 5) is 6.96. The molecule has 17 heavy (non-hydrogen) atoms. The molecule has 0 aliphatic carbocycles. The fraction of sp³-hybridized carbons (Fsp3) is 0.615. The van der Waals surface area contributed by atoms with E-state index in [-0.39, 0.29) is 0 Å². The summed E-state index contributed by atoms with van der Waals surface area (Å²) >= 11 is 0. The first-order valence-corrected chi connectivity index (χ1v) is 6.39. The van der Waals surface area contributed by atoms with Gasteiger partial charge < -0.3 is 15.0 Å². The summed E-state index contributed by atoms with van der Waals surface area (Å²) in [6, 6.07) is 6.24. The van der Waals surface area contributed by atoms with Crippen LogP contribution in [-0.4, -0.2) is 37.8 Å². The molecule has 0 aromatic carbocycles. The number of aromatic nitrogens is 1. The molecule has 1 aliphatic rings. The van der Waals surface area contributed by atoms with Crippen molar-refractivity contribution in [3.63, 3.8) is 0 Å². The van der Waals surface area contributed by atoms with Gasteiger partial charge in [0, 0.05) is 19.6 Å². The number of nitrogens with zero attached hydrogens (tertiary/aromatic N) is 2. The minimum absolute atomic E-state index is 0.806. The van der Waals surface area contributed by atoms with Gasteiger partial charge in [-0.1, -0.05) is 13.0 Å². The first-order chi connectivity index (χ1) is 8.40. The number of hydrogen-bond acceptors (Lipinski definition) is 4. The highest BCUT2D eigenvalue weighted by atomic mass is 16.5. The smallest absolute Gasteiger partial charge is 0.129 e. The number of rotatable bonds is 5. The van der Waals surface area contributed by atoms with Crippen molar-refractivity contribution in [3.05, 3.63) is 23.9 Å². The van der Waals surface area contributed by atoms with Gasteiger partial charge in [0.1, 0.15) is 5.82 Å². The Morgan fingerprint density at radius 3 is 2.94 bits per heavy atom. The van der Waals surface area contributed by atoms with Crippen LogP contribution in [0.1, 0.15) is 19.0 Å². The molecule has 0 radical (unpaired) electrons. The molecule has 1 aliphatic heterocycles. The van der Waals surface area contributed by atoms with E-state index in [0.717, 1.165) is 57.3 Å². The van der Waals surface area contributed by atoms with Crippen LogP contribution in [0, 0.1) is 0 Å². The van der Waals surface area contributed by atoms with Gasteiger partial charge in [0.25, 0.3) is 0 Å². The predicted octanol–water partition coefficient (Wildman–Crippen LogP) is 1.42. The zero-order valence-corrected chi connectivity index (χ0v) is 10.5. The second-order valence-corrected chi connectivity index (χ2v) is 4.26. The number of morpholine rings is 1. The zero-order valence-electron chi connectivity index (χ0n) is 10.5. The zero-order chi connectivity index (χ0) is 11.9. The molecular formula is C13H21N3O. The highest BCUT2D eigenvalue weighted by molar-refractivity contribution is 5.39. The average molecular weight is 235 g/mol. The number of nitrogens with one attached hydrogen (secondary N) is 1. The number of pyridine rings is 1. The van der Waals surface area contributed by atoms with Gasteiger partial charge in [0.2, 0.25) is 0 Å². The lowest BCUT2D eigenvalue weighted by Crippen LogP contribution is -2.36. The van der Waals surface area contributed by atoms with E-state index in [2.05, 4.69) is 40.3 Å². The standard InChI is InChI=1S/C13H21N3O/c1-2-6-14-11-12-4-3-5-13(15-12)16-7-9-17-10-8-16/h3-5,14H,2,6-11H2,1H3. The molecule has 1 fully saturated rings. The van der Waals surface area contributed by atoms with Crippen LogP contribution in [0.25, 0.3) is 0 Å². The lowest BCUT2D eigenvalue weighted by Gasteiger charge is -2.28. The number of anilines is 1. The van der Waals surface area contributed by atoms with Crippen LogP contribution < -0.4 is 10.2 Å². The average Bonchev–Trinajstić information content (AvgIpc) is 2.41. The number of hydrogen-bond donors (Lipinski definition) is 1. The van der Waals surface area contributed by atoms with Gasteiger partial charge in [0.15, 0.2) is 0 Å². The predicted molar refractivity (Wildman–Crippen MR) is 69.3 cm³/mol. The highest BCUT2D eigenvalue weighted by Crippen LogP contribution is 2.13. The molecular weight excluding hydrogens is 214 g/mol. The maximum absolute atomic E-state index is 5.35. The second kappa shape index (κ2) is 6.57. The molecule has 1 aromatic rings. The van der Waals surface area contributed by atoms with Gasteiger partial charge in [0.05, 0.1) is 18.9 Å². The molecule has 2 rings (SSSR count). The molecule has 4 nitrogen and oxygen atoms in total. The molecule has 0 atom stereocenters. The Bertz CT molecular complexity index is 337. The molecule has 1 aromatic heterocycles. The van der Waals surface area contributed by atoms with Crippen molar-refractivity contribution < 1.29 is 4.74 Å². The molecule has 0 bridgehead atoms. The van der Waals surface area contributed by atoms with Crippen LogP contribution in [-0.2, 0) is 11.3 Å². The van der Waals surface area contributed by atoms with Gasteiger partial charge >= 0.3 is 0 Å². The van der Waals surface area contributed by atoms with Crippen molar-refractivity contribution in [2.45, 2.75) is 19.9 Å². The van der Waals surface area contributed by atoms with E-state index < -0.39 is 0 Å². The van der Waals surface area contributed by atoms with E-state index in [1.165, 1.54) is 0 Å². The van der Waals surface area contributed by atoms with E-state index in [1.54, 1.807) is 0 Å². The maximum Gasteiger partial charge on any atom is 0.129 e. The van der Waals surface area contributed by atoms with Crippen LogP contribution in [0.2, 0.25) is 0 Å². The summed E-state index contributed by atoms with van der Waals surface area (Å²) < 4.78 is 5.35. The third-order valence-electron chi connectivity index (χ3n) is 2.86. The Labute approximate surface area is 103 Å². The van der Waals surface area contributed by atoms with Crippen molar-refractivity contribution >= 4 is 5.82 Å². The Balaban J connectivity index is 1.95. The molecule has 94 valence electrons. The topological polar surface area (TPSA) is 37.4 Å². The minimum Gasteiger partial charge on any atom is -0.378 e. The summed E-state index contributed by atoms with van der Waals surface area (Å²) in [6.45, 7) is 7.57.